The third kappa shape index (κ3) is 3.49. The van der Waals surface area contributed by atoms with Crippen molar-refractivity contribution in [1.29, 1.82) is 5.26 Å². The van der Waals surface area contributed by atoms with E-state index in [1.165, 1.54) is 0 Å². The number of carbonyl (C=O) groups is 1. The SMILES string of the molecule is CC(C)N(CCC#N)C(=O)C1CCOCC1. The van der Waals surface area contributed by atoms with Crippen LogP contribution in [-0.4, -0.2) is 36.6 Å². The lowest BCUT2D eigenvalue weighted by Crippen LogP contribution is -2.43. The quantitative estimate of drug-likeness (QED) is 0.728. The van der Waals surface area contributed by atoms with Crippen LogP contribution in [0.15, 0.2) is 0 Å². The number of nitrogens with zero attached hydrogens (tertiary/aromatic N) is 2. The smallest absolute Gasteiger partial charge is 0.226 e. The summed E-state index contributed by atoms with van der Waals surface area (Å²) in [5.41, 5.74) is 0. The fraction of sp³-hybridized carbons (Fsp3) is 0.833. The number of hydrogen-bond acceptors (Lipinski definition) is 3. The van der Waals surface area contributed by atoms with Crippen LogP contribution >= 0.6 is 0 Å². The zero-order valence-corrected chi connectivity index (χ0v) is 10.1. The van der Waals surface area contributed by atoms with Crippen LogP contribution in [0.2, 0.25) is 0 Å². The average molecular weight is 224 g/mol. The maximum Gasteiger partial charge on any atom is 0.226 e. The monoisotopic (exact) mass is 224 g/mol. The van der Waals surface area contributed by atoms with Crippen molar-refractivity contribution in [2.24, 2.45) is 5.92 Å². The summed E-state index contributed by atoms with van der Waals surface area (Å²) in [6, 6.07) is 2.26. The van der Waals surface area contributed by atoms with Gasteiger partial charge in [-0.25, -0.2) is 0 Å². The molecule has 90 valence electrons. The van der Waals surface area contributed by atoms with Crippen molar-refractivity contribution in [2.45, 2.75) is 39.2 Å². The van der Waals surface area contributed by atoms with Crippen molar-refractivity contribution in [3.05, 3.63) is 0 Å². The number of carbonyl (C=O) groups excluding carboxylic acids is 1. The van der Waals surface area contributed by atoms with Gasteiger partial charge in [0.15, 0.2) is 0 Å². The molecule has 1 fully saturated rings. The molecule has 0 spiro atoms. The molecule has 1 aliphatic rings. The molecule has 0 N–H and O–H groups in total. The normalized spacial score (nSPS) is 17.1. The zero-order chi connectivity index (χ0) is 12.0. The fourth-order valence-corrected chi connectivity index (χ4v) is 1.97. The summed E-state index contributed by atoms with van der Waals surface area (Å²) in [4.78, 5) is 14.0. The van der Waals surface area contributed by atoms with Gasteiger partial charge in [-0.1, -0.05) is 0 Å². The van der Waals surface area contributed by atoms with E-state index in [4.69, 9.17) is 10.00 Å². The molecule has 4 nitrogen and oxygen atoms in total. The number of hydrogen-bond donors (Lipinski definition) is 0. The Hall–Kier alpha value is -1.08. The molecule has 0 radical (unpaired) electrons. The highest BCUT2D eigenvalue weighted by molar-refractivity contribution is 5.79. The molecule has 0 aromatic rings. The lowest BCUT2D eigenvalue weighted by Gasteiger charge is -2.31. The predicted octanol–water partition coefficient (Wildman–Crippen LogP) is 1.56. The second kappa shape index (κ2) is 6.49. The van der Waals surface area contributed by atoms with E-state index in [2.05, 4.69) is 6.07 Å². The molecule has 1 rings (SSSR count). The highest BCUT2D eigenvalue weighted by atomic mass is 16.5. The van der Waals surface area contributed by atoms with Crippen molar-refractivity contribution < 1.29 is 9.53 Å². The standard InChI is InChI=1S/C12H20N2O2/c1-10(2)14(7-3-6-13)12(15)11-4-8-16-9-5-11/h10-11H,3-5,7-9H2,1-2H3. The predicted molar refractivity (Wildman–Crippen MR) is 60.6 cm³/mol. The van der Waals surface area contributed by atoms with Crippen LogP contribution in [0.25, 0.3) is 0 Å². The summed E-state index contributed by atoms with van der Waals surface area (Å²) in [6.07, 6.45) is 2.04. The van der Waals surface area contributed by atoms with Crippen LogP contribution < -0.4 is 0 Å². The fourth-order valence-electron chi connectivity index (χ4n) is 1.97. The van der Waals surface area contributed by atoms with Gasteiger partial charge in [-0.05, 0) is 26.7 Å². The van der Waals surface area contributed by atoms with E-state index >= 15 is 0 Å². The topological polar surface area (TPSA) is 53.3 Å². The third-order valence-corrected chi connectivity index (χ3v) is 2.94. The van der Waals surface area contributed by atoms with Gasteiger partial charge < -0.3 is 9.64 Å². The Bertz CT molecular complexity index is 265. The Labute approximate surface area is 97.2 Å². The van der Waals surface area contributed by atoms with Gasteiger partial charge in [0, 0.05) is 31.7 Å². The molecule has 16 heavy (non-hydrogen) atoms. The van der Waals surface area contributed by atoms with Crippen LogP contribution in [0.1, 0.15) is 33.1 Å². The Morgan fingerprint density at radius 3 is 2.62 bits per heavy atom. The summed E-state index contributed by atoms with van der Waals surface area (Å²) < 4.78 is 5.25. The van der Waals surface area contributed by atoms with Gasteiger partial charge in [-0.3, -0.25) is 4.79 Å². The van der Waals surface area contributed by atoms with Gasteiger partial charge in [-0.15, -0.1) is 0 Å². The van der Waals surface area contributed by atoms with Gasteiger partial charge in [0.25, 0.3) is 0 Å². The molecule has 1 aliphatic heterocycles. The van der Waals surface area contributed by atoms with Gasteiger partial charge in [0.05, 0.1) is 12.5 Å². The van der Waals surface area contributed by atoms with E-state index in [0.29, 0.717) is 26.2 Å². The van der Waals surface area contributed by atoms with Crippen molar-refractivity contribution in [3.8, 4) is 6.07 Å². The van der Waals surface area contributed by atoms with Crippen molar-refractivity contribution in [2.75, 3.05) is 19.8 Å². The molecule has 0 aliphatic carbocycles. The summed E-state index contributed by atoms with van der Waals surface area (Å²) in [7, 11) is 0. The summed E-state index contributed by atoms with van der Waals surface area (Å²) in [6.45, 7) is 5.90. The van der Waals surface area contributed by atoms with Crippen molar-refractivity contribution in [3.63, 3.8) is 0 Å². The summed E-state index contributed by atoms with van der Waals surface area (Å²) in [5, 5.41) is 8.58. The molecule has 1 saturated heterocycles. The Balaban J connectivity index is 2.55. The second-order valence-electron chi connectivity index (χ2n) is 4.42. The molecule has 0 atom stereocenters. The highest BCUT2D eigenvalue weighted by Crippen LogP contribution is 2.19. The molecule has 0 aromatic heterocycles. The largest absolute Gasteiger partial charge is 0.381 e. The first kappa shape index (κ1) is 13.0. The number of ether oxygens (including phenoxy) is 1. The lowest BCUT2D eigenvalue weighted by atomic mass is 9.98. The van der Waals surface area contributed by atoms with Gasteiger partial charge >= 0.3 is 0 Å². The van der Waals surface area contributed by atoms with Gasteiger partial charge in [0.2, 0.25) is 5.91 Å². The molecule has 1 heterocycles. The van der Waals surface area contributed by atoms with E-state index in [-0.39, 0.29) is 17.9 Å². The van der Waals surface area contributed by atoms with E-state index < -0.39 is 0 Å². The van der Waals surface area contributed by atoms with Crippen LogP contribution in [0.3, 0.4) is 0 Å². The van der Waals surface area contributed by atoms with E-state index in [0.717, 1.165) is 12.8 Å². The number of rotatable bonds is 4. The van der Waals surface area contributed by atoms with Gasteiger partial charge in [-0.2, -0.15) is 5.26 Å². The van der Waals surface area contributed by atoms with Gasteiger partial charge in [0.1, 0.15) is 0 Å². The maximum atomic E-state index is 12.2. The molecule has 0 bridgehead atoms. The van der Waals surface area contributed by atoms with Crippen molar-refractivity contribution in [1.82, 2.24) is 4.90 Å². The van der Waals surface area contributed by atoms with Crippen LogP contribution in [0, 0.1) is 17.2 Å². The zero-order valence-electron chi connectivity index (χ0n) is 10.1. The molecule has 1 amide bonds. The Kier molecular flexibility index (Phi) is 5.27. The highest BCUT2D eigenvalue weighted by Gasteiger charge is 2.27. The molecular weight excluding hydrogens is 204 g/mol. The molecule has 0 saturated carbocycles. The molecule has 0 unspecified atom stereocenters. The van der Waals surface area contributed by atoms with Crippen LogP contribution in [0.4, 0.5) is 0 Å². The average Bonchev–Trinajstić information content (AvgIpc) is 2.30. The lowest BCUT2D eigenvalue weighted by molar-refractivity contribution is -0.140. The third-order valence-electron chi connectivity index (χ3n) is 2.94. The second-order valence-corrected chi connectivity index (χ2v) is 4.42. The van der Waals surface area contributed by atoms with Crippen molar-refractivity contribution >= 4 is 5.91 Å². The first-order chi connectivity index (χ1) is 7.66. The van der Waals surface area contributed by atoms with Crippen LogP contribution in [0.5, 0.6) is 0 Å². The van der Waals surface area contributed by atoms with E-state index in [1.54, 1.807) is 0 Å². The van der Waals surface area contributed by atoms with E-state index in [1.807, 2.05) is 18.7 Å². The minimum absolute atomic E-state index is 0.0924. The van der Waals surface area contributed by atoms with Crippen LogP contribution in [-0.2, 0) is 9.53 Å². The maximum absolute atomic E-state index is 12.2. The summed E-state index contributed by atoms with van der Waals surface area (Å²) in [5.74, 6) is 0.281. The molecule has 4 heteroatoms. The molecular formula is C12H20N2O2. The minimum atomic E-state index is 0.0924. The Morgan fingerprint density at radius 1 is 1.50 bits per heavy atom. The first-order valence-corrected chi connectivity index (χ1v) is 5.92. The minimum Gasteiger partial charge on any atom is -0.381 e. The number of nitriles is 1. The first-order valence-electron chi connectivity index (χ1n) is 5.92. The molecule has 0 aromatic carbocycles. The summed E-state index contributed by atoms with van der Waals surface area (Å²) >= 11 is 0. The Morgan fingerprint density at radius 2 is 2.12 bits per heavy atom. The number of amides is 1. The van der Waals surface area contributed by atoms with E-state index in [9.17, 15) is 4.79 Å².